The number of phosphoric ester groups is 1. The van der Waals surface area contributed by atoms with E-state index >= 15 is 0 Å². The molecule has 0 spiro atoms. The predicted octanol–water partition coefficient (Wildman–Crippen LogP) is 2.74. The maximum Gasteiger partial charge on any atom is 1.00 e. The molecule has 2 aromatic rings. The molecular formula is C22H24NaO5PS. The summed E-state index contributed by atoms with van der Waals surface area (Å²) in [6.07, 6.45) is 4.85. The normalized spacial score (nSPS) is 22.3. The number of phosphoric acid groups is 1. The minimum atomic E-state index is -4.53. The van der Waals surface area contributed by atoms with E-state index in [9.17, 15) is 9.46 Å². The van der Waals surface area contributed by atoms with E-state index < -0.39 is 7.82 Å². The first-order valence-electron chi connectivity index (χ1n) is 9.80. The molecule has 30 heavy (non-hydrogen) atoms. The summed E-state index contributed by atoms with van der Waals surface area (Å²) in [6.45, 7) is 2.18. The first kappa shape index (κ1) is 23.9. The molecule has 0 bridgehead atoms. The van der Waals surface area contributed by atoms with E-state index in [4.69, 9.17) is 13.8 Å². The molecule has 2 aliphatic rings. The number of hydrogen-bond donors (Lipinski definition) is 0. The summed E-state index contributed by atoms with van der Waals surface area (Å²) in [5.41, 5.74) is 1.56. The molecular weight excluding hydrogens is 430 g/mol. The molecule has 1 atom stereocenters. The topological polar surface area (TPSA) is 67.8 Å². The van der Waals surface area contributed by atoms with Crippen molar-refractivity contribution >= 4 is 31.4 Å². The van der Waals surface area contributed by atoms with Gasteiger partial charge in [-0.3, -0.25) is 4.57 Å². The first-order chi connectivity index (χ1) is 13.9. The Balaban J connectivity index is 0.00000256. The fourth-order valence-electron chi connectivity index (χ4n) is 3.73. The van der Waals surface area contributed by atoms with Crippen molar-refractivity contribution in [2.75, 3.05) is 7.11 Å². The van der Waals surface area contributed by atoms with Crippen molar-refractivity contribution in [1.29, 1.82) is 0 Å². The average Bonchev–Trinajstić information content (AvgIpc) is 2.85. The van der Waals surface area contributed by atoms with Gasteiger partial charge in [-0.05, 0) is 61.4 Å². The maximum absolute atomic E-state index is 12.7. The van der Waals surface area contributed by atoms with Crippen molar-refractivity contribution in [3.8, 4) is 5.75 Å². The van der Waals surface area contributed by atoms with Gasteiger partial charge in [-0.1, -0.05) is 43.0 Å². The maximum atomic E-state index is 12.7. The van der Waals surface area contributed by atoms with Crippen LogP contribution in [0.1, 0.15) is 43.7 Å². The smallest absolute Gasteiger partial charge is 0.746 e. The Bertz CT molecular complexity index is 972. The van der Waals surface area contributed by atoms with Crippen LogP contribution in [-0.4, -0.2) is 13.2 Å². The molecule has 1 fully saturated rings. The molecule has 1 unspecified atom stereocenters. The zero-order valence-corrected chi connectivity index (χ0v) is 21.2. The molecule has 8 heteroatoms. The number of rotatable bonds is 5. The van der Waals surface area contributed by atoms with Gasteiger partial charge in [0.05, 0.1) is 18.1 Å². The van der Waals surface area contributed by atoms with Gasteiger partial charge in [-0.25, -0.2) is 0 Å². The van der Waals surface area contributed by atoms with Crippen LogP contribution in [-0.2, 0) is 13.6 Å². The largest absolute Gasteiger partial charge is 1.00 e. The van der Waals surface area contributed by atoms with Crippen LogP contribution in [0.4, 0.5) is 0 Å². The van der Waals surface area contributed by atoms with E-state index in [-0.39, 0.29) is 41.4 Å². The van der Waals surface area contributed by atoms with Crippen LogP contribution in [0.2, 0.25) is 0 Å². The Hall–Kier alpha value is -0.720. The van der Waals surface area contributed by atoms with E-state index in [1.165, 1.54) is 11.8 Å². The van der Waals surface area contributed by atoms with Gasteiger partial charge in [0, 0.05) is 10.5 Å². The van der Waals surface area contributed by atoms with Crippen LogP contribution in [0.3, 0.4) is 0 Å². The van der Waals surface area contributed by atoms with Crippen LogP contribution in [0.5, 0.6) is 5.75 Å². The molecule has 0 amide bonds. The standard InChI is InChI=1S/C22H25O5PS.Na/c1-15-10-12-17(13-11-15)26-28(23,24)27-20-14-16-6-3-4-9-21(16)29-22-18(20)7-5-8-19(22)25-2;/h3-9,14-15,17H,10-13H2,1-2H3,(H,23,24);/q;+1/p-1. The third-order valence-corrected chi connectivity index (χ3v) is 7.53. The summed E-state index contributed by atoms with van der Waals surface area (Å²) in [5, 5.41) is 0. The second kappa shape index (κ2) is 10.3. The Morgan fingerprint density at radius 1 is 1.07 bits per heavy atom. The molecule has 0 aromatic heterocycles. The van der Waals surface area contributed by atoms with Crippen molar-refractivity contribution < 1.29 is 52.8 Å². The van der Waals surface area contributed by atoms with E-state index in [1.54, 1.807) is 13.2 Å². The molecule has 2 aromatic carbocycles. The first-order valence-corrected chi connectivity index (χ1v) is 12.1. The van der Waals surface area contributed by atoms with Crippen molar-refractivity contribution in [3.63, 3.8) is 0 Å². The minimum Gasteiger partial charge on any atom is -0.746 e. The second-order valence-corrected chi connectivity index (χ2v) is 9.85. The number of fused-ring (bicyclic) bond motifs is 2. The molecule has 154 valence electrons. The summed E-state index contributed by atoms with van der Waals surface area (Å²) in [5.74, 6) is 1.53. The molecule has 1 aliphatic carbocycles. The van der Waals surface area contributed by atoms with Gasteiger partial charge in [0.25, 0.3) is 0 Å². The van der Waals surface area contributed by atoms with E-state index in [0.717, 1.165) is 41.0 Å². The van der Waals surface area contributed by atoms with Crippen LogP contribution in [0.25, 0.3) is 11.8 Å². The van der Waals surface area contributed by atoms with E-state index in [0.29, 0.717) is 17.2 Å². The Kier molecular flexibility index (Phi) is 8.19. The molecule has 0 radical (unpaired) electrons. The molecule has 1 saturated carbocycles. The van der Waals surface area contributed by atoms with Crippen molar-refractivity contribution in [3.05, 3.63) is 53.6 Å². The monoisotopic (exact) mass is 454 g/mol. The Labute approximate surface area is 204 Å². The van der Waals surface area contributed by atoms with E-state index in [2.05, 4.69) is 6.92 Å². The SMILES string of the molecule is COc1cccc2c1Sc1ccccc1C=C2OP(=O)([O-])OC1CCC(C)CC1.[Na+]. The van der Waals surface area contributed by atoms with E-state index in [1.807, 2.05) is 42.5 Å². The second-order valence-electron chi connectivity index (χ2n) is 7.51. The van der Waals surface area contributed by atoms with Crippen LogP contribution in [0, 0.1) is 5.92 Å². The fraction of sp³-hybridized carbons (Fsp3) is 0.364. The number of ether oxygens (including phenoxy) is 1. The summed E-state index contributed by atoms with van der Waals surface area (Å²) >= 11 is 1.53. The summed E-state index contributed by atoms with van der Waals surface area (Å²) in [4.78, 5) is 14.6. The third-order valence-electron chi connectivity index (χ3n) is 5.33. The van der Waals surface area contributed by atoms with Gasteiger partial charge in [0.2, 0.25) is 0 Å². The molecule has 5 nitrogen and oxygen atoms in total. The molecule has 1 aliphatic heterocycles. The quantitative estimate of drug-likeness (QED) is 0.511. The molecule has 1 heterocycles. The Morgan fingerprint density at radius 3 is 2.53 bits per heavy atom. The number of benzene rings is 2. The zero-order valence-electron chi connectivity index (χ0n) is 17.5. The average molecular weight is 454 g/mol. The summed E-state index contributed by atoms with van der Waals surface area (Å²) in [7, 11) is -2.93. The van der Waals surface area contributed by atoms with Gasteiger partial charge >= 0.3 is 37.4 Å². The van der Waals surface area contributed by atoms with Gasteiger partial charge in [0.1, 0.15) is 11.5 Å². The van der Waals surface area contributed by atoms with Gasteiger partial charge in [-0.2, -0.15) is 0 Å². The van der Waals surface area contributed by atoms with Crippen LogP contribution < -0.4 is 39.2 Å². The zero-order chi connectivity index (χ0) is 20.4. The number of hydrogen-bond acceptors (Lipinski definition) is 6. The molecule has 0 N–H and O–H groups in total. The molecule has 0 saturated heterocycles. The van der Waals surface area contributed by atoms with Gasteiger partial charge in [0.15, 0.2) is 0 Å². The fourth-order valence-corrected chi connectivity index (χ4v) is 5.89. The predicted molar refractivity (Wildman–Crippen MR) is 113 cm³/mol. The van der Waals surface area contributed by atoms with Crippen LogP contribution in [0.15, 0.2) is 52.3 Å². The summed E-state index contributed by atoms with van der Waals surface area (Å²) in [6, 6.07) is 13.3. The van der Waals surface area contributed by atoms with Crippen molar-refractivity contribution in [2.45, 2.75) is 48.5 Å². The Morgan fingerprint density at radius 2 is 1.80 bits per heavy atom. The van der Waals surface area contributed by atoms with Gasteiger partial charge in [-0.15, -0.1) is 0 Å². The van der Waals surface area contributed by atoms with Crippen molar-refractivity contribution in [1.82, 2.24) is 0 Å². The summed E-state index contributed by atoms with van der Waals surface area (Å²) < 4.78 is 29.2. The van der Waals surface area contributed by atoms with Gasteiger partial charge < -0.3 is 18.7 Å². The third kappa shape index (κ3) is 5.55. The van der Waals surface area contributed by atoms with Crippen molar-refractivity contribution in [2.24, 2.45) is 5.92 Å². The molecule has 4 rings (SSSR count). The van der Waals surface area contributed by atoms with Crippen LogP contribution >= 0.6 is 19.6 Å². The number of methoxy groups -OCH3 is 1. The minimum absolute atomic E-state index is 0.